The van der Waals surface area contributed by atoms with Gasteiger partial charge < -0.3 is 9.84 Å². The highest BCUT2D eigenvalue weighted by atomic mass is 16.5. The summed E-state index contributed by atoms with van der Waals surface area (Å²) < 4.78 is 4.78. The Hall–Kier alpha value is -2.10. The highest BCUT2D eigenvalue weighted by molar-refractivity contribution is 6.05. The first-order valence-corrected chi connectivity index (χ1v) is 5.94. The smallest absolute Gasteiger partial charge is 0.260 e. The maximum atomic E-state index is 12.1. The number of hydrogen-bond acceptors (Lipinski definition) is 3. The standard InChI is InChI=1S/C14H16N2O2/c1-4-11-7-5-6-9(2)13(11)15-14(17)12-8-18-16-10(12)3/h5-8H,4H2,1-3H3,(H,15,17). The van der Waals surface area contributed by atoms with Gasteiger partial charge in [-0.15, -0.1) is 0 Å². The third-order valence-corrected chi connectivity index (χ3v) is 2.97. The molecular formula is C14H16N2O2. The summed E-state index contributed by atoms with van der Waals surface area (Å²) in [4.78, 5) is 12.1. The third-order valence-electron chi connectivity index (χ3n) is 2.97. The first-order chi connectivity index (χ1) is 8.63. The lowest BCUT2D eigenvalue weighted by Gasteiger charge is -2.12. The van der Waals surface area contributed by atoms with E-state index in [2.05, 4.69) is 17.4 Å². The van der Waals surface area contributed by atoms with Crippen LogP contribution in [0.2, 0.25) is 0 Å². The lowest BCUT2D eigenvalue weighted by Crippen LogP contribution is -2.14. The van der Waals surface area contributed by atoms with Crippen LogP contribution in [0.4, 0.5) is 5.69 Å². The number of nitrogens with zero attached hydrogens (tertiary/aromatic N) is 1. The molecule has 0 saturated heterocycles. The number of amides is 1. The second-order valence-electron chi connectivity index (χ2n) is 4.23. The second kappa shape index (κ2) is 5.04. The average molecular weight is 244 g/mol. The molecule has 0 aliphatic heterocycles. The van der Waals surface area contributed by atoms with Crippen LogP contribution in [0.5, 0.6) is 0 Å². The summed E-state index contributed by atoms with van der Waals surface area (Å²) in [7, 11) is 0. The largest absolute Gasteiger partial charge is 0.364 e. The van der Waals surface area contributed by atoms with Crippen LogP contribution in [-0.4, -0.2) is 11.1 Å². The van der Waals surface area contributed by atoms with Gasteiger partial charge in [0.05, 0.1) is 5.69 Å². The van der Waals surface area contributed by atoms with E-state index >= 15 is 0 Å². The summed E-state index contributed by atoms with van der Waals surface area (Å²) in [6, 6.07) is 5.99. The SMILES string of the molecule is CCc1cccc(C)c1NC(=O)c1conc1C. The number of benzene rings is 1. The summed E-state index contributed by atoms with van der Waals surface area (Å²) in [5.74, 6) is -0.183. The molecular weight excluding hydrogens is 228 g/mol. The number of rotatable bonds is 3. The molecule has 0 radical (unpaired) electrons. The zero-order chi connectivity index (χ0) is 13.1. The Morgan fingerprint density at radius 2 is 2.17 bits per heavy atom. The second-order valence-corrected chi connectivity index (χ2v) is 4.23. The van der Waals surface area contributed by atoms with Crippen molar-refractivity contribution in [3.8, 4) is 0 Å². The van der Waals surface area contributed by atoms with Gasteiger partial charge in [-0.1, -0.05) is 30.3 Å². The van der Waals surface area contributed by atoms with E-state index in [4.69, 9.17) is 4.52 Å². The predicted molar refractivity (Wildman–Crippen MR) is 69.8 cm³/mol. The lowest BCUT2D eigenvalue weighted by atomic mass is 10.1. The van der Waals surface area contributed by atoms with Crippen LogP contribution in [-0.2, 0) is 6.42 Å². The van der Waals surface area contributed by atoms with Crippen LogP contribution < -0.4 is 5.32 Å². The van der Waals surface area contributed by atoms with E-state index in [1.54, 1.807) is 6.92 Å². The molecule has 1 amide bonds. The van der Waals surface area contributed by atoms with Crippen LogP contribution in [0.15, 0.2) is 29.0 Å². The average Bonchev–Trinajstić information content (AvgIpc) is 2.78. The number of carbonyl (C=O) groups excluding carboxylic acids is 1. The van der Waals surface area contributed by atoms with Crippen molar-refractivity contribution in [3.05, 3.63) is 46.8 Å². The highest BCUT2D eigenvalue weighted by Crippen LogP contribution is 2.22. The van der Waals surface area contributed by atoms with Crippen molar-refractivity contribution in [2.75, 3.05) is 5.32 Å². The van der Waals surface area contributed by atoms with Crippen molar-refractivity contribution in [2.45, 2.75) is 27.2 Å². The molecule has 4 heteroatoms. The van der Waals surface area contributed by atoms with Gasteiger partial charge in [0.1, 0.15) is 11.8 Å². The third kappa shape index (κ3) is 2.27. The number of anilines is 1. The Labute approximate surface area is 106 Å². The van der Waals surface area contributed by atoms with Gasteiger partial charge in [0.15, 0.2) is 0 Å². The maximum absolute atomic E-state index is 12.1. The Balaban J connectivity index is 2.30. The van der Waals surface area contributed by atoms with E-state index in [1.165, 1.54) is 6.26 Å². The summed E-state index contributed by atoms with van der Waals surface area (Å²) in [6.45, 7) is 5.79. The van der Waals surface area contributed by atoms with E-state index in [-0.39, 0.29) is 5.91 Å². The molecule has 1 N–H and O–H groups in total. The lowest BCUT2D eigenvalue weighted by molar-refractivity contribution is 0.102. The first-order valence-electron chi connectivity index (χ1n) is 5.94. The summed E-state index contributed by atoms with van der Waals surface area (Å²) in [5, 5.41) is 6.64. The Morgan fingerprint density at radius 1 is 1.39 bits per heavy atom. The minimum atomic E-state index is -0.183. The molecule has 1 aromatic heterocycles. The normalized spacial score (nSPS) is 10.4. The fourth-order valence-corrected chi connectivity index (χ4v) is 1.89. The van der Waals surface area contributed by atoms with Gasteiger partial charge in [-0.2, -0.15) is 0 Å². The van der Waals surface area contributed by atoms with Gasteiger partial charge in [0.2, 0.25) is 0 Å². The maximum Gasteiger partial charge on any atom is 0.260 e. The van der Waals surface area contributed by atoms with Crippen molar-refractivity contribution in [3.63, 3.8) is 0 Å². The number of nitrogens with one attached hydrogen (secondary N) is 1. The monoisotopic (exact) mass is 244 g/mol. The molecule has 0 unspecified atom stereocenters. The Kier molecular flexibility index (Phi) is 3.46. The number of para-hydroxylation sites is 1. The molecule has 2 aromatic rings. The van der Waals surface area contributed by atoms with Crippen molar-refractivity contribution < 1.29 is 9.32 Å². The number of aryl methyl sites for hydroxylation is 3. The zero-order valence-corrected chi connectivity index (χ0v) is 10.8. The highest BCUT2D eigenvalue weighted by Gasteiger charge is 2.15. The van der Waals surface area contributed by atoms with Crippen LogP contribution in [0.3, 0.4) is 0 Å². The number of aromatic nitrogens is 1. The molecule has 0 saturated carbocycles. The van der Waals surface area contributed by atoms with Gasteiger partial charge in [-0.05, 0) is 31.4 Å². The van der Waals surface area contributed by atoms with Gasteiger partial charge in [-0.3, -0.25) is 4.79 Å². The summed E-state index contributed by atoms with van der Waals surface area (Å²) in [5.41, 5.74) is 4.12. The molecule has 0 fully saturated rings. The van der Waals surface area contributed by atoms with Crippen LogP contribution >= 0.6 is 0 Å². The molecule has 18 heavy (non-hydrogen) atoms. The summed E-state index contributed by atoms with van der Waals surface area (Å²) >= 11 is 0. The molecule has 0 aliphatic carbocycles. The molecule has 0 bridgehead atoms. The van der Waals surface area contributed by atoms with Crippen molar-refractivity contribution in [2.24, 2.45) is 0 Å². The quantitative estimate of drug-likeness (QED) is 0.902. The van der Waals surface area contributed by atoms with Gasteiger partial charge >= 0.3 is 0 Å². The van der Waals surface area contributed by atoms with E-state index in [0.717, 1.165) is 23.2 Å². The fraction of sp³-hybridized carbons (Fsp3) is 0.286. The minimum absolute atomic E-state index is 0.183. The molecule has 1 aromatic carbocycles. The summed E-state index contributed by atoms with van der Waals surface area (Å²) in [6.07, 6.45) is 2.24. The molecule has 1 heterocycles. The molecule has 2 rings (SSSR count). The van der Waals surface area contributed by atoms with E-state index in [9.17, 15) is 4.79 Å². The van der Waals surface area contributed by atoms with E-state index in [1.807, 2.05) is 25.1 Å². The van der Waals surface area contributed by atoms with Crippen molar-refractivity contribution in [1.82, 2.24) is 5.16 Å². The number of carbonyl (C=O) groups is 1. The predicted octanol–water partition coefficient (Wildman–Crippen LogP) is 3.11. The molecule has 0 atom stereocenters. The van der Waals surface area contributed by atoms with Gasteiger partial charge in [-0.25, -0.2) is 0 Å². The van der Waals surface area contributed by atoms with Gasteiger partial charge in [0, 0.05) is 5.69 Å². The molecule has 4 nitrogen and oxygen atoms in total. The zero-order valence-electron chi connectivity index (χ0n) is 10.8. The minimum Gasteiger partial charge on any atom is -0.364 e. The molecule has 0 spiro atoms. The topological polar surface area (TPSA) is 55.1 Å². The fourth-order valence-electron chi connectivity index (χ4n) is 1.89. The number of hydrogen-bond donors (Lipinski definition) is 1. The van der Waals surface area contributed by atoms with E-state index in [0.29, 0.717) is 11.3 Å². The van der Waals surface area contributed by atoms with Crippen molar-refractivity contribution in [1.29, 1.82) is 0 Å². The first kappa shape index (κ1) is 12.4. The van der Waals surface area contributed by atoms with E-state index < -0.39 is 0 Å². The Bertz CT molecular complexity index is 573. The van der Waals surface area contributed by atoms with Crippen LogP contribution in [0.1, 0.15) is 34.1 Å². The molecule has 0 aliphatic rings. The molecule has 94 valence electrons. The van der Waals surface area contributed by atoms with Crippen molar-refractivity contribution >= 4 is 11.6 Å². The Morgan fingerprint density at radius 3 is 2.78 bits per heavy atom. The van der Waals surface area contributed by atoms with Crippen LogP contribution in [0, 0.1) is 13.8 Å². The van der Waals surface area contributed by atoms with Crippen LogP contribution in [0.25, 0.3) is 0 Å². The van der Waals surface area contributed by atoms with Gasteiger partial charge in [0.25, 0.3) is 5.91 Å².